The van der Waals surface area contributed by atoms with Gasteiger partial charge in [0.05, 0.1) is 12.7 Å². The average Bonchev–Trinajstić information content (AvgIpc) is 2.52. The van der Waals surface area contributed by atoms with Gasteiger partial charge in [0.25, 0.3) is 0 Å². The van der Waals surface area contributed by atoms with Crippen LogP contribution in [0, 0.1) is 5.92 Å². The molecule has 2 aromatic carbocycles. The number of benzene rings is 2. The van der Waals surface area contributed by atoms with Crippen molar-refractivity contribution in [1.82, 2.24) is 0 Å². The molecule has 21 heavy (non-hydrogen) atoms. The quantitative estimate of drug-likeness (QED) is 0.817. The molecular weight excluding hydrogens is 260 g/mol. The number of aryl methyl sites for hydroxylation is 1. The Morgan fingerprint density at radius 3 is 2.24 bits per heavy atom. The van der Waals surface area contributed by atoms with Crippen LogP contribution >= 0.6 is 0 Å². The first kappa shape index (κ1) is 15.6. The predicted molar refractivity (Wildman–Crippen MR) is 86.5 cm³/mol. The number of hydrogen-bond donors (Lipinski definition) is 1. The van der Waals surface area contributed by atoms with Crippen molar-refractivity contribution in [2.75, 3.05) is 6.61 Å². The Labute approximate surface area is 127 Å². The Morgan fingerprint density at radius 1 is 0.952 bits per heavy atom. The van der Waals surface area contributed by atoms with Crippen molar-refractivity contribution in [2.24, 2.45) is 5.92 Å². The third-order valence-corrected chi connectivity index (χ3v) is 3.40. The first-order valence-corrected chi connectivity index (χ1v) is 7.60. The maximum atomic E-state index is 10.2. The summed E-state index contributed by atoms with van der Waals surface area (Å²) in [6.45, 7) is 5.02. The molecule has 2 nitrogen and oxygen atoms in total. The van der Waals surface area contributed by atoms with Gasteiger partial charge in [0.15, 0.2) is 0 Å². The lowest BCUT2D eigenvalue weighted by atomic mass is 10.0. The molecule has 1 unspecified atom stereocenters. The van der Waals surface area contributed by atoms with Crippen LogP contribution < -0.4 is 4.74 Å². The second kappa shape index (κ2) is 7.84. The van der Waals surface area contributed by atoms with E-state index in [-0.39, 0.29) is 0 Å². The molecule has 0 radical (unpaired) electrons. The van der Waals surface area contributed by atoms with Gasteiger partial charge in [-0.25, -0.2) is 0 Å². The fourth-order valence-electron chi connectivity index (χ4n) is 2.16. The molecule has 0 bridgehead atoms. The van der Waals surface area contributed by atoms with Gasteiger partial charge in [0.1, 0.15) is 5.75 Å². The van der Waals surface area contributed by atoms with Crippen molar-refractivity contribution in [3.05, 3.63) is 65.7 Å². The molecule has 0 aliphatic carbocycles. The molecule has 112 valence electrons. The first-order valence-electron chi connectivity index (χ1n) is 7.60. The highest BCUT2D eigenvalue weighted by atomic mass is 16.5. The summed E-state index contributed by atoms with van der Waals surface area (Å²) in [5.74, 6) is 1.45. The largest absolute Gasteiger partial charge is 0.493 e. The zero-order valence-corrected chi connectivity index (χ0v) is 12.8. The van der Waals surface area contributed by atoms with Crippen molar-refractivity contribution >= 4 is 0 Å². The average molecular weight is 284 g/mol. The minimum absolute atomic E-state index is 0.400. The number of aliphatic hydroxyl groups is 1. The standard InChI is InChI=1S/C19H24O2/c1-15(2)14-21-18-11-8-16(9-12-18)10-13-19(20)17-6-4-3-5-7-17/h3-9,11-12,15,19-20H,10,13-14H2,1-2H3. The topological polar surface area (TPSA) is 29.5 Å². The highest BCUT2D eigenvalue weighted by molar-refractivity contribution is 5.27. The summed E-state index contributed by atoms with van der Waals surface area (Å²) in [6, 6.07) is 18.0. The van der Waals surface area contributed by atoms with Crippen LogP contribution in [0.5, 0.6) is 5.75 Å². The summed E-state index contributed by atoms with van der Waals surface area (Å²) in [4.78, 5) is 0. The highest BCUT2D eigenvalue weighted by Crippen LogP contribution is 2.20. The van der Waals surface area contributed by atoms with Crippen LogP contribution in [0.25, 0.3) is 0 Å². The van der Waals surface area contributed by atoms with Crippen LogP contribution in [0.3, 0.4) is 0 Å². The van der Waals surface area contributed by atoms with Crippen LogP contribution in [-0.4, -0.2) is 11.7 Å². The van der Waals surface area contributed by atoms with E-state index in [1.165, 1.54) is 5.56 Å². The van der Waals surface area contributed by atoms with Crippen molar-refractivity contribution < 1.29 is 9.84 Å². The fourth-order valence-corrected chi connectivity index (χ4v) is 2.16. The highest BCUT2D eigenvalue weighted by Gasteiger charge is 2.07. The van der Waals surface area contributed by atoms with Gasteiger partial charge < -0.3 is 9.84 Å². The molecule has 0 aromatic heterocycles. The molecule has 0 saturated carbocycles. The molecule has 0 spiro atoms. The minimum Gasteiger partial charge on any atom is -0.493 e. The normalized spacial score (nSPS) is 12.4. The van der Waals surface area contributed by atoms with Crippen LogP contribution in [0.1, 0.15) is 37.5 Å². The van der Waals surface area contributed by atoms with E-state index >= 15 is 0 Å². The summed E-state index contributed by atoms with van der Waals surface area (Å²) in [5.41, 5.74) is 2.20. The zero-order chi connectivity index (χ0) is 15.1. The smallest absolute Gasteiger partial charge is 0.119 e. The summed E-state index contributed by atoms with van der Waals surface area (Å²) in [5, 5.41) is 10.2. The Morgan fingerprint density at radius 2 is 1.62 bits per heavy atom. The van der Waals surface area contributed by atoms with Gasteiger partial charge in [-0.2, -0.15) is 0 Å². The van der Waals surface area contributed by atoms with E-state index in [1.54, 1.807) is 0 Å². The molecule has 0 aliphatic heterocycles. The van der Waals surface area contributed by atoms with Crippen molar-refractivity contribution in [3.8, 4) is 5.75 Å². The minimum atomic E-state index is -0.400. The van der Waals surface area contributed by atoms with Gasteiger partial charge in [0.2, 0.25) is 0 Å². The lowest BCUT2D eigenvalue weighted by Crippen LogP contribution is -2.04. The second-order valence-electron chi connectivity index (χ2n) is 5.81. The van der Waals surface area contributed by atoms with E-state index in [9.17, 15) is 5.11 Å². The molecule has 1 N–H and O–H groups in total. The van der Waals surface area contributed by atoms with E-state index in [0.717, 1.165) is 30.8 Å². The van der Waals surface area contributed by atoms with Crippen molar-refractivity contribution in [2.45, 2.75) is 32.8 Å². The number of aliphatic hydroxyl groups excluding tert-OH is 1. The predicted octanol–water partition coefficient (Wildman–Crippen LogP) is 4.39. The first-order chi connectivity index (χ1) is 10.1. The van der Waals surface area contributed by atoms with Gasteiger partial charge in [-0.3, -0.25) is 0 Å². The zero-order valence-electron chi connectivity index (χ0n) is 12.8. The fraction of sp³-hybridized carbons (Fsp3) is 0.368. The number of ether oxygens (including phenoxy) is 1. The molecule has 0 aliphatic rings. The summed E-state index contributed by atoms with van der Waals surface area (Å²) in [6.07, 6.45) is 1.19. The Hall–Kier alpha value is -1.80. The molecule has 1 atom stereocenters. The summed E-state index contributed by atoms with van der Waals surface area (Å²) < 4.78 is 5.67. The maximum absolute atomic E-state index is 10.2. The molecule has 2 aromatic rings. The van der Waals surface area contributed by atoms with Gasteiger partial charge in [0, 0.05) is 0 Å². The molecule has 2 rings (SSSR count). The van der Waals surface area contributed by atoms with Crippen LogP contribution in [0.15, 0.2) is 54.6 Å². The van der Waals surface area contributed by atoms with Crippen LogP contribution in [0.2, 0.25) is 0 Å². The number of hydrogen-bond acceptors (Lipinski definition) is 2. The Bertz CT molecular complexity index is 517. The summed E-state index contributed by atoms with van der Waals surface area (Å²) >= 11 is 0. The van der Waals surface area contributed by atoms with Gasteiger partial charge in [-0.1, -0.05) is 56.3 Å². The SMILES string of the molecule is CC(C)COc1ccc(CCC(O)c2ccccc2)cc1. The number of rotatable bonds is 7. The molecule has 0 heterocycles. The van der Waals surface area contributed by atoms with Gasteiger partial charge in [-0.05, 0) is 42.0 Å². The van der Waals surface area contributed by atoms with E-state index in [1.807, 2.05) is 42.5 Å². The molecule has 0 fully saturated rings. The molecule has 2 heteroatoms. The maximum Gasteiger partial charge on any atom is 0.119 e. The van der Waals surface area contributed by atoms with Crippen LogP contribution in [-0.2, 0) is 6.42 Å². The van der Waals surface area contributed by atoms with Gasteiger partial charge >= 0.3 is 0 Å². The monoisotopic (exact) mass is 284 g/mol. The van der Waals surface area contributed by atoms with E-state index in [0.29, 0.717) is 5.92 Å². The molecule has 0 saturated heterocycles. The van der Waals surface area contributed by atoms with E-state index in [4.69, 9.17) is 4.74 Å². The van der Waals surface area contributed by atoms with Crippen LogP contribution in [0.4, 0.5) is 0 Å². The second-order valence-corrected chi connectivity index (χ2v) is 5.81. The van der Waals surface area contributed by atoms with Crippen molar-refractivity contribution in [1.29, 1.82) is 0 Å². The lowest BCUT2D eigenvalue weighted by molar-refractivity contribution is 0.168. The van der Waals surface area contributed by atoms with E-state index in [2.05, 4.69) is 26.0 Å². The third-order valence-electron chi connectivity index (χ3n) is 3.40. The Balaban J connectivity index is 1.83. The molecular formula is C19H24O2. The van der Waals surface area contributed by atoms with Gasteiger partial charge in [-0.15, -0.1) is 0 Å². The Kier molecular flexibility index (Phi) is 5.82. The van der Waals surface area contributed by atoms with E-state index < -0.39 is 6.10 Å². The van der Waals surface area contributed by atoms with Crippen molar-refractivity contribution in [3.63, 3.8) is 0 Å². The molecule has 0 amide bonds. The summed E-state index contributed by atoms with van der Waals surface area (Å²) in [7, 11) is 0. The lowest BCUT2D eigenvalue weighted by Gasteiger charge is -2.12. The third kappa shape index (κ3) is 5.24.